The molecule has 6 nitrogen and oxygen atoms in total. The lowest BCUT2D eigenvalue weighted by molar-refractivity contribution is -0.132. The van der Waals surface area contributed by atoms with Crippen LogP contribution in [0.5, 0.6) is 11.6 Å². The molecule has 0 saturated carbocycles. The molecule has 0 spiro atoms. The third-order valence-corrected chi connectivity index (χ3v) is 4.03. The SMILES string of the molecule is Cc1ccccc1OCC(=O)N1CCC(Oc2cnsn2)C1. The summed E-state index contributed by atoms with van der Waals surface area (Å²) in [6.07, 6.45) is 2.37. The number of para-hydroxylation sites is 1. The molecule has 0 radical (unpaired) electrons. The molecule has 22 heavy (non-hydrogen) atoms. The highest BCUT2D eigenvalue weighted by atomic mass is 32.1. The minimum absolute atomic E-state index is 0.0219. The first-order valence-corrected chi connectivity index (χ1v) is 7.86. The lowest BCUT2D eigenvalue weighted by Gasteiger charge is -2.17. The Morgan fingerprint density at radius 3 is 3.09 bits per heavy atom. The van der Waals surface area contributed by atoms with E-state index < -0.39 is 0 Å². The van der Waals surface area contributed by atoms with Gasteiger partial charge in [0, 0.05) is 13.0 Å². The average molecular weight is 319 g/mol. The van der Waals surface area contributed by atoms with Crippen LogP contribution in [0.3, 0.4) is 0 Å². The fourth-order valence-electron chi connectivity index (χ4n) is 2.38. The van der Waals surface area contributed by atoms with E-state index in [4.69, 9.17) is 9.47 Å². The zero-order valence-corrected chi connectivity index (χ0v) is 13.1. The lowest BCUT2D eigenvalue weighted by Crippen LogP contribution is -2.34. The standard InChI is InChI=1S/C15H17N3O3S/c1-11-4-2-3-5-13(11)20-10-15(19)18-7-6-12(9-18)21-14-8-16-22-17-14/h2-5,8,12H,6-7,9-10H2,1H3. The molecule has 0 aliphatic carbocycles. The van der Waals surface area contributed by atoms with Gasteiger partial charge in [0.1, 0.15) is 18.1 Å². The predicted molar refractivity (Wildman–Crippen MR) is 82.2 cm³/mol. The Morgan fingerprint density at radius 1 is 1.45 bits per heavy atom. The number of aromatic nitrogens is 2. The number of benzene rings is 1. The summed E-state index contributed by atoms with van der Waals surface area (Å²) in [4.78, 5) is 14.0. The second-order valence-corrected chi connectivity index (χ2v) is 5.72. The maximum Gasteiger partial charge on any atom is 0.260 e. The molecule has 2 heterocycles. The number of likely N-dealkylation sites (tertiary alicyclic amines) is 1. The monoisotopic (exact) mass is 319 g/mol. The number of carbonyl (C=O) groups is 1. The zero-order valence-electron chi connectivity index (χ0n) is 12.3. The van der Waals surface area contributed by atoms with Crippen LogP contribution >= 0.6 is 11.7 Å². The Kier molecular flexibility index (Phi) is 4.53. The second kappa shape index (κ2) is 6.74. The van der Waals surface area contributed by atoms with Gasteiger partial charge < -0.3 is 14.4 Å². The van der Waals surface area contributed by atoms with Crippen LogP contribution in [0.1, 0.15) is 12.0 Å². The summed E-state index contributed by atoms with van der Waals surface area (Å²) in [5, 5.41) is 0. The van der Waals surface area contributed by atoms with Gasteiger partial charge in [0.2, 0.25) is 5.88 Å². The number of aryl methyl sites for hydroxylation is 1. The molecule has 1 aliphatic heterocycles. The molecule has 1 aromatic heterocycles. The van der Waals surface area contributed by atoms with Crippen molar-refractivity contribution in [2.75, 3.05) is 19.7 Å². The zero-order chi connectivity index (χ0) is 15.4. The van der Waals surface area contributed by atoms with Crippen molar-refractivity contribution in [1.82, 2.24) is 13.6 Å². The number of ether oxygens (including phenoxy) is 2. The fraction of sp³-hybridized carbons (Fsp3) is 0.400. The van der Waals surface area contributed by atoms with Crippen molar-refractivity contribution in [2.45, 2.75) is 19.4 Å². The molecule has 0 bridgehead atoms. The average Bonchev–Trinajstić information content (AvgIpc) is 3.18. The van der Waals surface area contributed by atoms with Gasteiger partial charge in [-0.3, -0.25) is 4.79 Å². The highest BCUT2D eigenvalue weighted by molar-refractivity contribution is 6.99. The molecule has 0 N–H and O–H groups in total. The van der Waals surface area contributed by atoms with Crippen LogP contribution in [0, 0.1) is 6.92 Å². The normalized spacial score (nSPS) is 17.5. The maximum absolute atomic E-state index is 12.2. The van der Waals surface area contributed by atoms with Crippen LogP contribution in [0.15, 0.2) is 30.5 Å². The van der Waals surface area contributed by atoms with E-state index in [-0.39, 0.29) is 18.6 Å². The van der Waals surface area contributed by atoms with Gasteiger partial charge in [-0.05, 0) is 18.6 Å². The van der Waals surface area contributed by atoms with E-state index in [1.54, 1.807) is 11.1 Å². The van der Waals surface area contributed by atoms with Gasteiger partial charge in [-0.2, -0.15) is 4.37 Å². The van der Waals surface area contributed by atoms with E-state index in [9.17, 15) is 4.79 Å². The minimum Gasteiger partial charge on any atom is -0.484 e. The van der Waals surface area contributed by atoms with Crippen LogP contribution in [0.4, 0.5) is 0 Å². The Hall–Kier alpha value is -2.15. The lowest BCUT2D eigenvalue weighted by atomic mass is 10.2. The first-order valence-electron chi connectivity index (χ1n) is 7.13. The van der Waals surface area contributed by atoms with Crippen LogP contribution in [0.25, 0.3) is 0 Å². The molecule has 3 rings (SSSR count). The van der Waals surface area contributed by atoms with Gasteiger partial charge in [0.25, 0.3) is 5.91 Å². The number of nitrogens with zero attached hydrogens (tertiary/aromatic N) is 3. The summed E-state index contributed by atoms with van der Waals surface area (Å²) in [5.41, 5.74) is 1.02. The van der Waals surface area contributed by atoms with E-state index in [2.05, 4.69) is 8.75 Å². The molecule has 7 heteroatoms. The Bertz CT molecular complexity index is 633. The number of hydrogen-bond donors (Lipinski definition) is 0. The number of rotatable bonds is 5. The fourth-order valence-corrected chi connectivity index (χ4v) is 2.73. The van der Waals surface area contributed by atoms with E-state index >= 15 is 0 Å². The first-order chi connectivity index (χ1) is 10.7. The van der Waals surface area contributed by atoms with Crippen molar-refractivity contribution < 1.29 is 14.3 Å². The number of carbonyl (C=O) groups excluding carboxylic acids is 1. The summed E-state index contributed by atoms with van der Waals surface area (Å²) in [5.74, 6) is 1.25. The molecule has 2 aromatic rings. The molecule has 1 aliphatic rings. The molecular weight excluding hydrogens is 302 g/mol. The molecule has 1 unspecified atom stereocenters. The van der Waals surface area contributed by atoms with Gasteiger partial charge in [0.15, 0.2) is 6.61 Å². The molecule has 1 amide bonds. The number of hydrogen-bond acceptors (Lipinski definition) is 6. The largest absolute Gasteiger partial charge is 0.484 e. The Labute approximate surface area is 133 Å². The van der Waals surface area contributed by atoms with Gasteiger partial charge in [-0.15, -0.1) is 4.37 Å². The van der Waals surface area contributed by atoms with Crippen LogP contribution in [-0.2, 0) is 4.79 Å². The third kappa shape index (κ3) is 3.54. The molecule has 1 aromatic carbocycles. The maximum atomic E-state index is 12.2. The molecule has 116 valence electrons. The van der Waals surface area contributed by atoms with Crippen molar-refractivity contribution in [1.29, 1.82) is 0 Å². The van der Waals surface area contributed by atoms with Crippen LogP contribution in [0.2, 0.25) is 0 Å². The van der Waals surface area contributed by atoms with Crippen molar-refractivity contribution in [2.24, 2.45) is 0 Å². The van der Waals surface area contributed by atoms with Gasteiger partial charge in [-0.25, -0.2) is 0 Å². The van der Waals surface area contributed by atoms with Crippen molar-refractivity contribution in [3.63, 3.8) is 0 Å². The molecular formula is C15H17N3O3S. The highest BCUT2D eigenvalue weighted by Gasteiger charge is 2.28. The van der Waals surface area contributed by atoms with E-state index in [0.717, 1.165) is 29.5 Å². The van der Waals surface area contributed by atoms with Gasteiger partial charge in [-0.1, -0.05) is 18.2 Å². The molecule has 1 saturated heterocycles. The summed E-state index contributed by atoms with van der Waals surface area (Å²) in [7, 11) is 0. The highest BCUT2D eigenvalue weighted by Crippen LogP contribution is 2.18. The second-order valence-electron chi connectivity index (χ2n) is 5.17. The van der Waals surface area contributed by atoms with Crippen LogP contribution < -0.4 is 9.47 Å². The van der Waals surface area contributed by atoms with Gasteiger partial charge >= 0.3 is 0 Å². The molecule has 1 fully saturated rings. The Balaban J connectivity index is 1.48. The molecule has 1 atom stereocenters. The van der Waals surface area contributed by atoms with Crippen molar-refractivity contribution >= 4 is 17.6 Å². The van der Waals surface area contributed by atoms with Gasteiger partial charge in [0.05, 0.1) is 18.3 Å². The van der Waals surface area contributed by atoms with E-state index in [1.165, 1.54) is 0 Å². The summed E-state index contributed by atoms with van der Waals surface area (Å²) < 4.78 is 19.2. The van der Waals surface area contributed by atoms with E-state index in [1.807, 2.05) is 31.2 Å². The van der Waals surface area contributed by atoms with Crippen LogP contribution in [-0.4, -0.2) is 45.4 Å². The van der Waals surface area contributed by atoms with Crippen molar-refractivity contribution in [3.05, 3.63) is 36.0 Å². The minimum atomic E-state index is -0.0224. The topological polar surface area (TPSA) is 64.5 Å². The first kappa shape index (κ1) is 14.8. The summed E-state index contributed by atoms with van der Waals surface area (Å²) in [6, 6.07) is 7.67. The summed E-state index contributed by atoms with van der Waals surface area (Å²) >= 11 is 1.11. The predicted octanol–water partition coefficient (Wildman–Crippen LogP) is 1.91. The van der Waals surface area contributed by atoms with Crippen molar-refractivity contribution in [3.8, 4) is 11.6 Å². The smallest absolute Gasteiger partial charge is 0.260 e. The number of amides is 1. The quantitative estimate of drug-likeness (QED) is 0.842. The third-order valence-electron chi connectivity index (χ3n) is 3.57. The van der Waals surface area contributed by atoms with E-state index in [0.29, 0.717) is 19.0 Å². The summed E-state index contributed by atoms with van der Waals surface area (Å²) in [6.45, 7) is 3.25. The Morgan fingerprint density at radius 2 is 2.32 bits per heavy atom.